The van der Waals surface area contributed by atoms with Crippen molar-refractivity contribution < 1.29 is 13.9 Å². The number of aromatic nitrogens is 3. The standard InChI is InChI=1S/C23H21FN4O2/c1-3-30-21-10-15(7-8-20(21)18-9-19(24)13-25-11-18)23(29)28(2)14-17-6-4-5-16-12-26-27-22(16)17/h4-13H,3,14H2,1-2H3,(H,26,27). The molecule has 7 heteroatoms. The fraction of sp³-hybridized carbons (Fsp3) is 0.174. The number of fused-ring (bicyclic) bond motifs is 1. The van der Waals surface area contributed by atoms with E-state index in [0.29, 0.717) is 35.6 Å². The molecule has 152 valence electrons. The van der Waals surface area contributed by atoms with Gasteiger partial charge < -0.3 is 9.64 Å². The van der Waals surface area contributed by atoms with Crippen molar-refractivity contribution in [3.63, 3.8) is 0 Å². The van der Waals surface area contributed by atoms with E-state index in [1.807, 2.05) is 25.1 Å². The highest BCUT2D eigenvalue weighted by Crippen LogP contribution is 2.31. The number of benzene rings is 2. The minimum absolute atomic E-state index is 0.142. The van der Waals surface area contributed by atoms with Gasteiger partial charge in [-0.1, -0.05) is 18.2 Å². The van der Waals surface area contributed by atoms with Crippen LogP contribution in [0.25, 0.3) is 22.0 Å². The number of nitrogens with one attached hydrogen (secondary N) is 1. The van der Waals surface area contributed by atoms with E-state index in [2.05, 4.69) is 15.2 Å². The largest absolute Gasteiger partial charge is 0.493 e. The third kappa shape index (κ3) is 3.87. The number of rotatable bonds is 6. The van der Waals surface area contributed by atoms with Crippen molar-refractivity contribution in [3.8, 4) is 16.9 Å². The van der Waals surface area contributed by atoms with Gasteiger partial charge in [0.1, 0.15) is 11.6 Å². The normalized spacial score (nSPS) is 10.9. The molecule has 2 heterocycles. The summed E-state index contributed by atoms with van der Waals surface area (Å²) in [5.41, 5.74) is 3.67. The molecule has 0 spiro atoms. The number of carbonyl (C=O) groups excluding carboxylic acids is 1. The Bertz CT molecular complexity index is 1200. The fourth-order valence-electron chi connectivity index (χ4n) is 3.44. The molecule has 0 saturated carbocycles. The molecule has 30 heavy (non-hydrogen) atoms. The van der Waals surface area contributed by atoms with Crippen LogP contribution in [0.1, 0.15) is 22.8 Å². The maximum absolute atomic E-state index is 13.6. The minimum Gasteiger partial charge on any atom is -0.493 e. The lowest BCUT2D eigenvalue weighted by Crippen LogP contribution is -2.26. The molecule has 0 aliphatic carbocycles. The van der Waals surface area contributed by atoms with Crippen LogP contribution >= 0.6 is 0 Å². The quantitative estimate of drug-likeness (QED) is 0.516. The smallest absolute Gasteiger partial charge is 0.254 e. The Morgan fingerprint density at radius 3 is 2.83 bits per heavy atom. The van der Waals surface area contributed by atoms with E-state index in [-0.39, 0.29) is 5.91 Å². The molecule has 1 N–H and O–H groups in total. The van der Waals surface area contributed by atoms with Gasteiger partial charge in [0.15, 0.2) is 0 Å². The van der Waals surface area contributed by atoms with Crippen molar-refractivity contribution in [3.05, 3.63) is 78.0 Å². The van der Waals surface area contributed by atoms with Gasteiger partial charge in [0.25, 0.3) is 5.91 Å². The Labute approximate surface area is 173 Å². The molecule has 0 atom stereocenters. The average Bonchev–Trinajstić information content (AvgIpc) is 3.23. The number of H-pyrrole nitrogens is 1. The highest BCUT2D eigenvalue weighted by Gasteiger charge is 2.17. The summed E-state index contributed by atoms with van der Waals surface area (Å²) in [5, 5.41) is 8.06. The maximum Gasteiger partial charge on any atom is 0.254 e. The van der Waals surface area contributed by atoms with Crippen molar-refractivity contribution in [1.29, 1.82) is 0 Å². The first kappa shape index (κ1) is 19.6. The summed E-state index contributed by atoms with van der Waals surface area (Å²) < 4.78 is 19.3. The van der Waals surface area contributed by atoms with Gasteiger partial charge in [-0.15, -0.1) is 0 Å². The molecule has 0 unspecified atom stereocenters. The van der Waals surface area contributed by atoms with Crippen molar-refractivity contribution in [2.75, 3.05) is 13.7 Å². The maximum atomic E-state index is 13.6. The minimum atomic E-state index is -0.428. The van der Waals surface area contributed by atoms with Gasteiger partial charge in [0.05, 0.1) is 24.5 Å². The SMILES string of the molecule is CCOc1cc(C(=O)N(C)Cc2cccc3cn[nH]c23)ccc1-c1cncc(F)c1. The molecule has 1 amide bonds. The highest BCUT2D eigenvalue weighted by atomic mass is 19.1. The zero-order valence-electron chi connectivity index (χ0n) is 16.7. The number of hydrogen-bond acceptors (Lipinski definition) is 4. The van der Waals surface area contributed by atoms with Crippen LogP contribution in [0, 0.1) is 5.82 Å². The number of aromatic amines is 1. The van der Waals surface area contributed by atoms with Crippen LogP contribution in [-0.2, 0) is 6.54 Å². The van der Waals surface area contributed by atoms with Crippen LogP contribution in [-0.4, -0.2) is 39.6 Å². The van der Waals surface area contributed by atoms with Crippen molar-refractivity contribution >= 4 is 16.8 Å². The summed E-state index contributed by atoms with van der Waals surface area (Å²) in [6, 6.07) is 12.5. The van der Waals surface area contributed by atoms with E-state index in [0.717, 1.165) is 22.7 Å². The number of hydrogen-bond donors (Lipinski definition) is 1. The molecule has 2 aromatic heterocycles. The molecule has 0 bridgehead atoms. The van der Waals surface area contributed by atoms with Gasteiger partial charge in [-0.3, -0.25) is 14.9 Å². The Kier molecular flexibility index (Phi) is 5.43. The van der Waals surface area contributed by atoms with Gasteiger partial charge in [-0.25, -0.2) is 4.39 Å². The Morgan fingerprint density at radius 2 is 2.03 bits per heavy atom. The van der Waals surface area contributed by atoms with Crippen molar-refractivity contribution in [2.24, 2.45) is 0 Å². The predicted octanol–water partition coefficient (Wildman–Crippen LogP) is 4.43. The zero-order valence-corrected chi connectivity index (χ0v) is 16.7. The first-order valence-corrected chi connectivity index (χ1v) is 9.61. The predicted molar refractivity (Wildman–Crippen MR) is 113 cm³/mol. The van der Waals surface area contributed by atoms with Crippen LogP contribution in [0.5, 0.6) is 5.75 Å². The molecular formula is C23H21FN4O2. The van der Waals surface area contributed by atoms with E-state index >= 15 is 0 Å². The molecule has 0 aliphatic rings. The van der Waals surface area contributed by atoms with E-state index in [9.17, 15) is 9.18 Å². The number of ether oxygens (including phenoxy) is 1. The summed E-state index contributed by atoms with van der Waals surface area (Å²) >= 11 is 0. The summed E-state index contributed by atoms with van der Waals surface area (Å²) in [6.07, 6.45) is 4.48. The van der Waals surface area contributed by atoms with Gasteiger partial charge in [-0.05, 0) is 36.8 Å². The van der Waals surface area contributed by atoms with Crippen LogP contribution in [0.15, 0.2) is 61.1 Å². The molecule has 0 saturated heterocycles. The molecule has 0 fully saturated rings. The van der Waals surface area contributed by atoms with Crippen molar-refractivity contribution in [1.82, 2.24) is 20.1 Å². The zero-order chi connectivity index (χ0) is 21.1. The number of amides is 1. The number of para-hydroxylation sites is 1. The Morgan fingerprint density at radius 1 is 1.17 bits per heavy atom. The lowest BCUT2D eigenvalue weighted by atomic mass is 10.0. The van der Waals surface area contributed by atoms with E-state index < -0.39 is 5.82 Å². The third-order valence-electron chi connectivity index (χ3n) is 4.86. The number of nitrogens with zero attached hydrogens (tertiary/aromatic N) is 3. The van der Waals surface area contributed by atoms with Crippen LogP contribution in [0.2, 0.25) is 0 Å². The first-order chi connectivity index (χ1) is 14.6. The number of pyridine rings is 1. The second-order valence-electron chi connectivity index (χ2n) is 6.95. The molecule has 4 rings (SSSR count). The summed E-state index contributed by atoms with van der Waals surface area (Å²) in [4.78, 5) is 18.6. The van der Waals surface area contributed by atoms with Gasteiger partial charge in [0.2, 0.25) is 0 Å². The summed E-state index contributed by atoms with van der Waals surface area (Å²) in [5.74, 6) is -0.0565. The molecular weight excluding hydrogens is 383 g/mol. The van der Waals surface area contributed by atoms with Crippen LogP contribution < -0.4 is 4.74 Å². The first-order valence-electron chi connectivity index (χ1n) is 9.61. The lowest BCUT2D eigenvalue weighted by Gasteiger charge is -2.19. The molecule has 4 aromatic rings. The second kappa shape index (κ2) is 8.32. The topological polar surface area (TPSA) is 71.1 Å². The van der Waals surface area contributed by atoms with E-state index in [4.69, 9.17) is 4.74 Å². The molecule has 2 aromatic carbocycles. The monoisotopic (exact) mass is 404 g/mol. The average molecular weight is 404 g/mol. The Balaban J connectivity index is 1.62. The summed E-state index contributed by atoms with van der Waals surface area (Å²) in [6.45, 7) is 2.71. The third-order valence-corrected chi connectivity index (χ3v) is 4.86. The fourth-order valence-corrected chi connectivity index (χ4v) is 3.44. The molecule has 0 aliphatic heterocycles. The molecule has 0 radical (unpaired) electrons. The van der Waals surface area contributed by atoms with E-state index in [1.54, 1.807) is 42.5 Å². The number of carbonyl (C=O) groups is 1. The van der Waals surface area contributed by atoms with Gasteiger partial charge >= 0.3 is 0 Å². The molecule has 6 nitrogen and oxygen atoms in total. The Hall–Kier alpha value is -3.74. The second-order valence-corrected chi connectivity index (χ2v) is 6.95. The lowest BCUT2D eigenvalue weighted by molar-refractivity contribution is 0.0785. The van der Waals surface area contributed by atoms with E-state index in [1.165, 1.54) is 6.07 Å². The highest BCUT2D eigenvalue weighted by molar-refractivity contribution is 5.95. The van der Waals surface area contributed by atoms with Crippen LogP contribution in [0.4, 0.5) is 4.39 Å². The number of halogens is 1. The summed E-state index contributed by atoms with van der Waals surface area (Å²) in [7, 11) is 1.75. The van der Waals surface area contributed by atoms with Crippen molar-refractivity contribution in [2.45, 2.75) is 13.5 Å². The van der Waals surface area contributed by atoms with Gasteiger partial charge in [0, 0.05) is 41.9 Å². The van der Waals surface area contributed by atoms with Crippen LogP contribution in [0.3, 0.4) is 0 Å². The van der Waals surface area contributed by atoms with Gasteiger partial charge in [-0.2, -0.15) is 5.10 Å².